The molecule has 7 nitrogen and oxygen atoms in total. The summed E-state index contributed by atoms with van der Waals surface area (Å²) < 4.78 is 28.4. The van der Waals surface area contributed by atoms with Gasteiger partial charge in [0.05, 0.1) is 23.4 Å². The highest BCUT2D eigenvalue weighted by atomic mass is 35.5. The lowest BCUT2D eigenvalue weighted by atomic mass is 10.0. The van der Waals surface area contributed by atoms with Crippen LogP contribution in [0.4, 0.5) is 0 Å². The molecule has 1 aliphatic rings. The van der Waals surface area contributed by atoms with Crippen LogP contribution in [0.1, 0.15) is 12.5 Å². The Hall–Kier alpha value is -0.840. The van der Waals surface area contributed by atoms with Crippen molar-refractivity contribution >= 4 is 38.6 Å². The van der Waals surface area contributed by atoms with E-state index in [4.69, 9.17) is 21.5 Å². The van der Waals surface area contributed by atoms with Gasteiger partial charge in [-0.2, -0.15) is 0 Å². The van der Waals surface area contributed by atoms with E-state index < -0.39 is 15.7 Å². The molecule has 1 heterocycles. The molecule has 1 saturated heterocycles. The minimum absolute atomic E-state index is 0.0148. The van der Waals surface area contributed by atoms with Crippen molar-refractivity contribution in [1.29, 1.82) is 0 Å². The molecule has 134 valence electrons. The van der Waals surface area contributed by atoms with E-state index >= 15 is 0 Å². The SMILES string of the molecule is COC(C)C/N=C1/SCC(O)(c2ccc(Cl)c(S(N)(=O)=O)c2)N1C. The van der Waals surface area contributed by atoms with Crippen LogP contribution in [0.15, 0.2) is 28.1 Å². The number of nitrogens with zero attached hydrogens (tertiary/aromatic N) is 2. The normalized spacial score (nSPS) is 24.6. The number of hydrogen-bond donors (Lipinski definition) is 2. The fourth-order valence-electron chi connectivity index (χ4n) is 2.20. The summed E-state index contributed by atoms with van der Waals surface area (Å²) in [6.45, 7) is 2.36. The van der Waals surface area contributed by atoms with E-state index in [0.717, 1.165) is 0 Å². The van der Waals surface area contributed by atoms with Crippen molar-refractivity contribution in [3.63, 3.8) is 0 Å². The number of nitrogens with two attached hydrogens (primary N) is 1. The molecule has 1 aromatic rings. The number of hydrogen-bond acceptors (Lipinski definition) is 6. The zero-order valence-corrected chi connectivity index (χ0v) is 16.0. The van der Waals surface area contributed by atoms with Gasteiger partial charge in [0, 0.05) is 19.7 Å². The smallest absolute Gasteiger partial charge is 0.239 e. The fraction of sp³-hybridized carbons (Fsp3) is 0.500. The summed E-state index contributed by atoms with van der Waals surface area (Å²) >= 11 is 7.28. The summed E-state index contributed by atoms with van der Waals surface area (Å²) in [5, 5.41) is 16.9. The van der Waals surface area contributed by atoms with Crippen molar-refractivity contribution in [2.75, 3.05) is 26.5 Å². The number of halogens is 1. The molecule has 1 aromatic carbocycles. The average molecular weight is 394 g/mol. The number of amidine groups is 1. The van der Waals surface area contributed by atoms with Crippen LogP contribution < -0.4 is 5.14 Å². The lowest BCUT2D eigenvalue weighted by molar-refractivity contribution is -0.0351. The lowest BCUT2D eigenvalue weighted by Crippen LogP contribution is -2.42. The maximum Gasteiger partial charge on any atom is 0.239 e. The highest BCUT2D eigenvalue weighted by Gasteiger charge is 2.43. The molecular weight excluding hydrogens is 374 g/mol. The van der Waals surface area contributed by atoms with E-state index in [1.54, 1.807) is 25.1 Å². The Balaban J connectivity index is 2.35. The Morgan fingerprint density at radius 1 is 1.58 bits per heavy atom. The highest BCUT2D eigenvalue weighted by Crippen LogP contribution is 2.39. The van der Waals surface area contributed by atoms with Crippen LogP contribution in [0.3, 0.4) is 0 Å². The second kappa shape index (κ2) is 7.19. The number of methoxy groups -OCH3 is 1. The highest BCUT2D eigenvalue weighted by molar-refractivity contribution is 8.14. The largest absolute Gasteiger partial charge is 0.380 e. The number of benzene rings is 1. The molecule has 10 heteroatoms. The van der Waals surface area contributed by atoms with Gasteiger partial charge in [-0.05, 0) is 19.1 Å². The molecule has 1 aliphatic heterocycles. The van der Waals surface area contributed by atoms with Crippen LogP contribution >= 0.6 is 23.4 Å². The van der Waals surface area contributed by atoms with Gasteiger partial charge in [0.1, 0.15) is 4.90 Å². The lowest BCUT2D eigenvalue weighted by Gasteiger charge is -2.31. The first kappa shape index (κ1) is 19.5. The van der Waals surface area contributed by atoms with E-state index in [1.165, 1.54) is 23.9 Å². The number of rotatable bonds is 5. The van der Waals surface area contributed by atoms with E-state index in [-0.39, 0.29) is 16.0 Å². The van der Waals surface area contributed by atoms with Gasteiger partial charge in [-0.25, -0.2) is 13.6 Å². The van der Waals surface area contributed by atoms with Crippen molar-refractivity contribution in [2.24, 2.45) is 10.1 Å². The fourth-order valence-corrected chi connectivity index (χ4v) is 4.47. The van der Waals surface area contributed by atoms with Crippen LogP contribution in [0.25, 0.3) is 0 Å². The molecule has 0 saturated carbocycles. The second-order valence-electron chi connectivity index (χ2n) is 5.52. The minimum atomic E-state index is -3.98. The molecule has 2 rings (SSSR count). The number of ether oxygens (including phenoxy) is 1. The Bertz CT molecular complexity index is 756. The first-order valence-electron chi connectivity index (χ1n) is 7.08. The maximum absolute atomic E-state index is 11.6. The Morgan fingerprint density at radius 2 is 2.25 bits per heavy atom. The summed E-state index contributed by atoms with van der Waals surface area (Å²) in [4.78, 5) is 5.83. The predicted octanol–water partition coefficient (Wildman–Crippen LogP) is 1.20. The monoisotopic (exact) mass is 393 g/mol. The van der Waals surface area contributed by atoms with Crippen LogP contribution in [0.5, 0.6) is 0 Å². The van der Waals surface area contributed by atoms with Crippen molar-refractivity contribution in [3.05, 3.63) is 28.8 Å². The first-order chi connectivity index (χ1) is 11.1. The first-order valence-corrected chi connectivity index (χ1v) is 9.99. The molecular formula is C14H20ClN3O4S2. The maximum atomic E-state index is 11.6. The average Bonchev–Trinajstić information content (AvgIpc) is 2.80. The number of aliphatic imine (C=N–C) groups is 1. The Morgan fingerprint density at radius 3 is 2.83 bits per heavy atom. The zero-order chi connectivity index (χ0) is 18.1. The van der Waals surface area contributed by atoms with Crippen molar-refractivity contribution in [2.45, 2.75) is 23.6 Å². The van der Waals surface area contributed by atoms with Gasteiger partial charge in [-0.3, -0.25) is 4.99 Å². The van der Waals surface area contributed by atoms with Crippen molar-refractivity contribution < 1.29 is 18.3 Å². The zero-order valence-electron chi connectivity index (χ0n) is 13.6. The third-order valence-corrected chi connectivity index (χ3v) is 6.43. The number of sulfonamides is 1. The Labute approximate surface area is 150 Å². The third kappa shape index (κ3) is 3.87. The number of thioether (sulfide) groups is 1. The van der Waals surface area contributed by atoms with E-state index in [0.29, 0.717) is 23.0 Å². The summed E-state index contributed by atoms with van der Waals surface area (Å²) in [5.41, 5.74) is -1.01. The van der Waals surface area contributed by atoms with Crippen LogP contribution in [-0.2, 0) is 20.5 Å². The molecule has 3 N–H and O–H groups in total. The van der Waals surface area contributed by atoms with Gasteiger partial charge >= 0.3 is 0 Å². The van der Waals surface area contributed by atoms with Gasteiger partial charge in [-0.1, -0.05) is 29.4 Å². The molecule has 0 radical (unpaired) electrons. The Kier molecular flexibility index (Phi) is 5.83. The van der Waals surface area contributed by atoms with Gasteiger partial charge in [0.15, 0.2) is 10.9 Å². The van der Waals surface area contributed by atoms with E-state index in [1.807, 2.05) is 6.92 Å². The van der Waals surface area contributed by atoms with Crippen LogP contribution in [0.2, 0.25) is 5.02 Å². The van der Waals surface area contributed by atoms with Crippen molar-refractivity contribution in [1.82, 2.24) is 4.90 Å². The van der Waals surface area contributed by atoms with E-state index in [9.17, 15) is 13.5 Å². The molecule has 2 atom stereocenters. The molecule has 0 aromatic heterocycles. The molecule has 1 fully saturated rings. The number of primary sulfonamides is 1. The number of aliphatic hydroxyl groups is 1. The summed E-state index contributed by atoms with van der Waals surface area (Å²) in [6, 6.07) is 4.29. The molecule has 0 aliphatic carbocycles. The molecule has 0 amide bonds. The van der Waals surface area contributed by atoms with Gasteiger partial charge < -0.3 is 14.7 Å². The van der Waals surface area contributed by atoms with Gasteiger partial charge in [0.2, 0.25) is 10.0 Å². The molecule has 0 bridgehead atoms. The minimum Gasteiger partial charge on any atom is -0.380 e. The quantitative estimate of drug-likeness (QED) is 0.778. The topological polar surface area (TPSA) is 105 Å². The van der Waals surface area contributed by atoms with Crippen LogP contribution in [0, 0.1) is 0 Å². The van der Waals surface area contributed by atoms with Crippen molar-refractivity contribution in [3.8, 4) is 0 Å². The third-order valence-electron chi connectivity index (χ3n) is 3.83. The predicted molar refractivity (Wildman–Crippen MR) is 95.7 cm³/mol. The molecule has 2 unspecified atom stereocenters. The second-order valence-corrected chi connectivity index (χ2v) is 8.40. The molecule has 0 spiro atoms. The summed E-state index contributed by atoms with van der Waals surface area (Å²) in [6.07, 6.45) is -0.0373. The van der Waals surface area contributed by atoms with Gasteiger partial charge in [0.25, 0.3) is 0 Å². The molecule has 24 heavy (non-hydrogen) atoms. The van der Waals surface area contributed by atoms with Crippen LogP contribution in [-0.4, -0.2) is 56.2 Å². The summed E-state index contributed by atoms with van der Waals surface area (Å²) in [5.74, 6) is 0.301. The standard InChI is InChI=1S/C14H20ClN3O4S2/c1-9(22-3)7-17-13-18(2)14(19,8-23-13)10-4-5-11(15)12(6-10)24(16,20)21/h4-6,9,19H,7-8H2,1-3H3,(H2,16,20,21)/b17-13+. The van der Waals surface area contributed by atoms with E-state index in [2.05, 4.69) is 4.99 Å². The van der Waals surface area contributed by atoms with Gasteiger partial charge in [-0.15, -0.1) is 0 Å². The summed E-state index contributed by atoms with van der Waals surface area (Å²) in [7, 11) is -0.681.